The number of halogens is 3. The number of carbonyl (C=O) groups excluding carboxylic acids is 5. The van der Waals surface area contributed by atoms with Crippen molar-refractivity contribution >= 4 is 40.9 Å². The van der Waals surface area contributed by atoms with Crippen LogP contribution in [-0.4, -0.2) is 63.3 Å². The monoisotopic (exact) mass is 729 g/mol. The number of aromatic nitrogens is 2. The number of nitrogens with zero attached hydrogens (tertiary/aromatic N) is 5. The minimum atomic E-state index is -4.75. The highest BCUT2D eigenvalue weighted by Gasteiger charge is 2.45. The number of amides is 5. The van der Waals surface area contributed by atoms with E-state index in [-0.39, 0.29) is 24.1 Å². The molecule has 276 valence electrons. The van der Waals surface area contributed by atoms with Crippen molar-refractivity contribution < 1.29 is 37.1 Å². The quantitative estimate of drug-likeness (QED) is 0.306. The number of alkyl halides is 3. The van der Waals surface area contributed by atoms with Gasteiger partial charge in [0.05, 0.1) is 40.2 Å². The third-order valence-electron chi connectivity index (χ3n) is 11.3. The number of fused-ring (bicyclic) bond motifs is 2. The summed E-state index contributed by atoms with van der Waals surface area (Å²) in [6, 6.07) is 8.88. The molecule has 0 spiro atoms. The summed E-state index contributed by atoms with van der Waals surface area (Å²) in [7, 11) is 0. The fourth-order valence-corrected chi connectivity index (χ4v) is 8.17. The molecule has 2 saturated heterocycles. The number of carbonyl (C=O) groups is 5. The van der Waals surface area contributed by atoms with Crippen LogP contribution in [0.4, 0.5) is 24.5 Å². The predicted octanol–water partition coefficient (Wildman–Crippen LogP) is 5.03. The average molecular weight is 730 g/mol. The number of imide groups is 2. The highest BCUT2D eigenvalue weighted by molar-refractivity contribution is 6.23. The molecule has 2 aromatic carbocycles. The van der Waals surface area contributed by atoms with Gasteiger partial charge in [0.25, 0.3) is 17.7 Å². The van der Waals surface area contributed by atoms with Gasteiger partial charge in [-0.3, -0.25) is 38.9 Å². The van der Waals surface area contributed by atoms with Crippen LogP contribution in [0.2, 0.25) is 0 Å². The van der Waals surface area contributed by atoms with Crippen molar-refractivity contribution in [2.45, 2.75) is 76.6 Å². The molecule has 1 aliphatic carbocycles. The van der Waals surface area contributed by atoms with Crippen LogP contribution in [0.3, 0.4) is 0 Å². The number of hydrogen-bond donors (Lipinski definition) is 2. The molecule has 0 radical (unpaired) electrons. The van der Waals surface area contributed by atoms with E-state index in [2.05, 4.69) is 20.6 Å². The maximum absolute atomic E-state index is 13.5. The SMILES string of the molecule is CC(C)(C(=O)Nc1ccc(C#N)c(C(F)(F)F)c1)n1cc(N2CC3CCC(CCc4ccc5c(c4)C(=O)N(C4CCC(=O)NC4=O)C5=O)CC3C2)cn1. The van der Waals surface area contributed by atoms with Crippen molar-refractivity contribution in [2.24, 2.45) is 17.8 Å². The first-order valence-electron chi connectivity index (χ1n) is 17.7. The molecular formula is C38H38F3N7O5. The second kappa shape index (κ2) is 13.5. The Morgan fingerprint density at radius 3 is 2.49 bits per heavy atom. The largest absolute Gasteiger partial charge is 0.417 e. The number of aryl methyl sites for hydroxylation is 1. The Kier molecular flexibility index (Phi) is 9.12. The summed E-state index contributed by atoms with van der Waals surface area (Å²) in [5, 5.41) is 18.3. The van der Waals surface area contributed by atoms with Crippen LogP contribution in [0.15, 0.2) is 48.8 Å². The van der Waals surface area contributed by atoms with Crippen LogP contribution >= 0.6 is 0 Å². The minimum Gasteiger partial charge on any atom is -0.368 e. The second-order valence-corrected chi connectivity index (χ2v) is 15.0. The van der Waals surface area contributed by atoms with Gasteiger partial charge in [-0.15, -0.1) is 0 Å². The first-order valence-corrected chi connectivity index (χ1v) is 17.7. The predicted molar refractivity (Wildman–Crippen MR) is 184 cm³/mol. The third-order valence-corrected chi connectivity index (χ3v) is 11.3. The average Bonchev–Trinajstić information content (AvgIpc) is 3.84. The van der Waals surface area contributed by atoms with E-state index in [1.807, 2.05) is 6.07 Å². The molecule has 2 N–H and O–H groups in total. The topological polar surface area (TPSA) is 158 Å². The lowest BCUT2D eigenvalue weighted by atomic mass is 9.74. The number of nitriles is 1. The Balaban J connectivity index is 0.942. The molecule has 3 aromatic rings. The van der Waals surface area contributed by atoms with Crippen LogP contribution < -0.4 is 15.5 Å². The van der Waals surface area contributed by atoms with Crippen LogP contribution in [0.25, 0.3) is 0 Å². The number of anilines is 2. The van der Waals surface area contributed by atoms with Gasteiger partial charge in [-0.2, -0.15) is 23.5 Å². The summed E-state index contributed by atoms with van der Waals surface area (Å²) >= 11 is 0. The van der Waals surface area contributed by atoms with E-state index in [1.54, 1.807) is 38.4 Å². The van der Waals surface area contributed by atoms with Crippen LogP contribution in [-0.2, 0) is 32.5 Å². The number of hydrogen-bond acceptors (Lipinski definition) is 8. The molecule has 4 aliphatic rings. The maximum Gasteiger partial charge on any atom is 0.417 e. The molecule has 1 aromatic heterocycles. The fourth-order valence-electron chi connectivity index (χ4n) is 8.17. The lowest BCUT2D eigenvalue weighted by Gasteiger charge is -2.30. The molecule has 5 amide bonds. The number of nitrogens with one attached hydrogen (secondary N) is 2. The molecule has 3 fully saturated rings. The molecule has 4 atom stereocenters. The lowest BCUT2D eigenvalue weighted by Crippen LogP contribution is -2.54. The summed E-state index contributed by atoms with van der Waals surface area (Å²) in [5.41, 5.74) is -0.584. The third kappa shape index (κ3) is 6.78. The van der Waals surface area contributed by atoms with E-state index in [9.17, 15) is 37.1 Å². The minimum absolute atomic E-state index is 0.0680. The normalized spacial score (nSPS) is 23.1. The van der Waals surface area contributed by atoms with Gasteiger partial charge < -0.3 is 10.2 Å². The molecule has 4 unspecified atom stereocenters. The smallest absolute Gasteiger partial charge is 0.368 e. The van der Waals surface area contributed by atoms with Crippen molar-refractivity contribution in [3.63, 3.8) is 0 Å². The molecule has 1 saturated carbocycles. The van der Waals surface area contributed by atoms with Gasteiger partial charge in [-0.25, -0.2) is 0 Å². The molecule has 15 heteroatoms. The van der Waals surface area contributed by atoms with E-state index < -0.39 is 58.4 Å². The van der Waals surface area contributed by atoms with E-state index in [0.29, 0.717) is 23.3 Å². The first kappa shape index (κ1) is 35.9. The lowest BCUT2D eigenvalue weighted by molar-refractivity contribution is -0.138. The van der Waals surface area contributed by atoms with Crippen molar-refractivity contribution in [2.75, 3.05) is 23.3 Å². The van der Waals surface area contributed by atoms with E-state index in [0.717, 1.165) is 73.5 Å². The van der Waals surface area contributed by atoms with Crippen molar-refractivity contribution in [3.8, 4) is 6.07 Å². The number of piperidine rings is 1. The van der Waals surface area contributed by atoms with E-state index in [1.165, 1.54) is 16.8 Å². The molecule has 53 heavy (non-hydrogen) atoms. The zero-order valence-corrected chi connectivity index (χ0v) is 29.2. The first-order chi connectivity index (χ1) is 25.1. The van der Waals surface area contributed by atoms with Crippen molar-refractivity contribution in [1.82, 2.24) is 20.0 Å². The summed E-state index contributed by atoms with van der Waals surface area (Å²) in [6.45, 7) is 4.94. The zero-order valence-electron chi connectivity index (χ0n) is 29.2. The fraction of sp³-hybridized carbons (Fsp3) is 0.447. The number of benzene rings is 2. The summed E-state index contributed by atoms with van der Waals surface area (Å²) < 4.78 is 41.9. The molecule has 7 rings (SSSR count). The number of rotatable bonds is 8. The standard InChI is InChI=1S/C38H38F3N7O5/c1-37(2,36(53)44-26-9-8-23(16-42)30(15-26)38(39,40)41)47-20-27(17-43-47)46-18-24-7-5-21(13-25(24)19-46)3-4-22-6-10-28-29(14-22)35(52)48(34(28)51)31-11-12-32(49)45-33(31)50/h6,8-10,14-15,17,20-21,24-25,31H,3-5,7,11-13,18-19H2,1-2H3,(H,44,53)(H,45,49,50). The van der Waals surface area contributed by atoms with Gasteiger partial charge in [0.1, 0.15) is 11.6 Å². The molecule has 3 aliphatic heterocycles. The van der Waals surface area contributed by atoms with Gasteiger partial charge in [-0.05, 0) is 99.6 Å². The maximum atomic E-state index is 13.5. The molecule has 4 heterocycles. The highest BCUT2D eigenvalue weighted by Crippen LogP contribution is 2.42. The van der Waals surface area contributed by atoms with Gasteiger partial charge >= 0.3 is 6.18 Å². The Hall–Kier alpha value is -5.52. The molecule has 12 nitrogen and oxygen atoms in total. The van der Waals surface area contributed by atoms with Crippen molar-refractivity contribution in [3.05, 3.63) is 76.6 Å². The van der Waals surface area contributed by atoms with E-state index in [4.69, 9.17) is 5.26 Å². The van der Waals surface area contributed by atoms with Gasteiger partial charge in [0.2, 0.25) is 11.8 Å². The highest BCUT2D eigenvalue weighted by atomic mass is 19.4. The molecule has 0 bridgehead atoms. The summed E-state index contributed by atoms with van der Waals surface area (Å²) in [6.07, 6.45) is 3.76. The summed E-state index contributed by atoms with van der Waals surface area (Å²) in [4.78, 5) is 66.8. The zero-order chi connectivity index (χ0) is 37.8. The molecular weight excluding hydrogens is 691 g/mol. The van der Waals surface area contributed by atoms with Crippen LogP contribution in [0, 0.1) is 29.1 Å². The Labute approximate surface area is 303 Å². The Morgan fingerprint density at radius 1 is 1.00 bits per heavy atom. The van der Waals surface area contributed by atoms with Crippen LogP contribution in [0.1, 0.15) is 89.8 Å². The van der Waals surface area contributed by atoms with Gasteiger partial charge in [0.15, 0.2) is 0 Å². The second-order valence-electron chi connectivity index (χ2n) is 15.0. The van der Waals surface area contributed by atoms with E-state index >= 15 is 0 Å². The Bertz CT molecular complexity index is 2070. The van der Waals surface area contributed by atoms with Gasteiger partial charge in [-0.1, -0.05) is 12.5 Å². The van der Waals surface area contributed by atoms with Crippen LogP contribution in [0.5, 0.6) is 0 Å². The van der Waals surface area contributed by atoms with Crippen molar-refractivity contribution in [1.29, 1.82) is 5.26 Å². The summed E-state index contributed by atoms with van der Waals surface area (Å²) in [5.74, 6) is -1.18. The van der Waals surface area contributed by atoms with Gasteiger partial charge in [0, 0.05) is 31.4 Å². The Morgan fingerprint density at radius 2 is 1.75 bits per heavy atom.